The van der Waals surface area contributed by atoms with Crippen molar-refractivity contribution in [1.29, 1.82) is 0 Å². The molecule has 0 unspecified atom stereocenters. The molecule has 3 rings (SSSR count). The Hall–Kier alpha value is -2.31. The molecule has 2 aromatic carbocycles. The van der Waals surface area contributed by atoms with Crippen LogP contribution >= 0.6 is 0 Å². The summed E-state index contributed by atoms with van der Waals surface area (Å²) in [5.74, 6) is 1.21. The number of benzene rings is 2. The molecule has 0 aliphatic carbocycles. The minimum Gasteiger partial charge on any atom is -0.492 e. The summed E-state index contributed by atoms with van der Waals surface area (Å²) < 4.78 is 16.3. The molecular weight excluding hydrogens is 296 g/mol. The summed E-state index contributed by atoms with van der Waals surface area (Å²) >= 11 is 0. The summed E-state index contributed by atoms with van der Waals surface area (Å²) in [6, 6.07) is 11.1. The van der Waals surface area contributed by atoms with Gasteiger partial charge in [0.25, 0.3) is 0 Å². The number of nitrogens with zero attached hydrogens (tertiary/aromatic N) is 1. The number of carbonyl (C=O) groups is 1. The SMILES string of the molecule is NC(=O)Oc1ccc(OCCN2CCOCC2)c2ccccc12. The van der Waals surface area contributed by atoms with Crippen molar-refractivity contribution in [3.05, 3.63) is 36.4 Å². The predicted molar refractivity (Wildman–Crippen MR) is 86.9 cm³/mol. The molecule has 0 atom stereocenters. The topological polar surface area (TPSA) is 74.0 Å². The number of amides is 1. The second-order valence-corrected chi connectivity index (χ2v) is 5.33. The average Bonchev–Trinajstić information content (AvgIpc) is 2.57. The largest absolute Gasteiger partial charge is 0.492 e. The molecule has 0 aromatic heterocycles. The number of fused-ring (bicyclic) bond motifs is 1. The lowest BCUT2D eigenvalue weighted by molar-refractivity contribution is 0.0323. The Morgan fingerprint density at radius 3 is 2.43 bits per heavy atom. The van der Waals surface area contributed by atoms with Crippen LogP contribution in [0.1, 0.15) is 0 Å². The lowest BCUT2D eigenvalue weighted by atomic mass is 10.1. The second-order valence-electron chi connectivity index (χ2n) is 5.33. The van der Waals surface area contributed by atoms with Crippen molar-refractivity contribution in [2.45, 2.75) is 0 Å². The Morgan fingerprint density at radius 1 is 1.09 bits per heavy atom. The zero-order valence-corrected chi connectivity index (χ0v) is 12.9. The van der Waals surface area contributed by atoms with Gasteiger partial charge in [-0.1, -0.05) is 24.3 Å². The summed E-state index contributed by atoms with van der Waals surface area (Å²) in [6.45, 7) is 4.90. The second kappa shape index (κ2) is 7.30. The first-order valence-corrected chi connectivity index (χ1v) is 7.66. The zero-order valence-electron chi connectivity index (χ0n) is 12.9. The van der Waals surface area contributed by atoms with Gasteiger partial charge in [-0.05, 0) is 12.1 Å². The Kier molecular flexibility index (Phi) is 4.95. The van der Waals surface area contributed by atoms with Crippen LogP contribution in [0.4, 0.5) is 4.79 Å². The van der Waals surface area contributed by atoms with E-state index >= 15 is 0 Å². The first-order chi connectivity index (χ1) is 11.2. The molecular formula is C17H20N2O4. The van der Waals surface area contributed by atoms with Crippen molar-refractivity contribution in [2.75, 3.05) is 39.5 Å². The van der Waals surface area contributed by atoms with Gasteiger partial charge >= 0.3 is 6.09 Å². The molecule has 6 nitrogen and oxygen atoms in total. The van der Waals surface area contributed by atoms with Gasteiger partial charge in [0.05, 0.1) is 13.2 Å². The van der Waals surface area contributed by atoms with Gasteiger partial charge in [0.15, 0.2) is 0 Å². The summed E-state index contributed by atoms with van der Waals surface area (Å²) in [4.78, 5) is 13.3. The summed E-state index contributed by atoms with van der Waals surface area (Å²) in [6.07, 6.45) is -0.823. The van der Waals surface area contributed by atoms with Crippen molar-refractivity contribution < 1.29 is 19.0 Å². The monoisotopic (exact) mass is 316 g/mol. The molecule has 2 aromatic rings. The number of ether oxygens (including phenoxy) is 3. The van der Waals surface area contributed by atoms with E-state index in [9.17, 15) is 4.79 Å². The maximum atomic E-state index is 11.0. The van der Waals surface area contributed by atoms with Crippen molar-refractivity contribution in [2.24, 2.45) is 5.73 Å². The van der Waals surface area contributed by atoms with Crippen LogP contribution in [0.25, 0.3) is 10.8 Å². The number of primary amides is 1. The summed E-state index contributed by atoms with van der Waals surface area (Å²) in [5, 5.41) is 1.70. The van der Waals surface area contributed by atoms with Crippen LogP contribution < -0.4 is 15.2 Å². The van der Waals surface area contributed by atoms with Crippen LogP contribution in [-0.2, 0) is 4.74 Å². The van der Waals surface area contributed by atoms with Crippen LogP contribution in [0.5, 0.6) is 11.5 Å². The fraction of sp³-hybridized carbons (Fsp3) is 0.353. The summed E-state index contributed by atoms with van der Waals surface area (Å²) in [5.41, 5.74) is 5.11. The van der Waals surface area contributed by atoms with E-state index in [1.54, 1.807) is 12.1 Å². The van der Waals surface area contributed by atoms with E-state index in [1.807, 2.05) is 24.3 Å². The van der Waals surface area contributed by atoms with E-state index in [1.165, 1.54) is 0 Å². The minimum absolute atomic E-state index is 0.439. The number of morpholine rings is 1. The van der Waals surface area contributed by atoms with Crippen molar-refractivity contribution in [3.8, 4) is 11.5 Å². The maximum absolute atomic E-state index is 11.0. The third-order valence-corrected chi connectivity index (χ3v) is 3.82. The highest BCUT2D eigenvalue weighted by molar-refractivity contribution is 5.94. The Balaban J connectivity index is 1.72. The van der Waals surface area contributed by atoms with Crippen LogP contribution in [0.15, 0.2) is 36.4 Å². The molecule has 1 saturated heterocycles. The van der Waals surface area contributed by atoms with Gasteiger partial charge in [-0.25, -0.2) is 4.79 Å². The molecule has 1 aliphatic rings. The Bertz CT molecular complexity index is 683. The van der Waals surface area contributed by atoms with E-state index in [-0.39, 0.29) is 0 Å². The molecule has 1 heterocycles. The average molecular weight is 316 g/mol. The molecule has 122 valence electrons. The van der Waals surface area contributed by atoms with E-state index in [0.29, 0.717) is 12.4 Å². The molecule has 1 fully saturated rings. The number of hydrogen-bond donors (Lipinski definition) is 1. The number of hydrogen-bond acceptors (Lipinski definition) is 5. The number of carbonyl (C=O) groups excluding carboxylic acids is 1. The first-order valence-electron chi connectivity index (χ1n) is 7.66. The van der Waals surface area contributed by atoms with Crippen LogP contribution in [0.2, 0.25) is 0 Å². The summed E-state index contributed by atoms with van der Waals surface area (Å²) in [7, 11) is 0. The quantitative estimate of drug-likeness (QED) is 0.913. The molecule has 0 saturated carbocycles. The highest BCUT2D eigenvalue weighted by atomic mass is 16.5. The molecule has 23 heavy (non-hydrogen) atoms. The highest BCUT2D eigenvalue weighted by Crippen LogP contribution is 2.33. The molecule has 1 amide bonds. The van der Waals surface area contributed by atoms with E-state index in [4.69, 9.17) is 19.9 Å². The van der Waals surface area contributed by atoms with Crippen LogP contribution in [-0.4, -0.2) is 50.4 Å². The standard InChI is InChI=1S/C17H20N2O4/c18-17(20)23-16-6-5-15(13-3-1-2-4-14(13)16)22-12-9-19-7-10-21-11-8-19/h1-6H,7-12H2,(H2,18,20). The van der Waals surface area contributed by atoms with Gasteiger partial charge in [0, 0.05) is 30.4 Å². The third-order valence-electron chi connectivity index (χ3n) is 3.82. The highest BCUT2D eigenvalue weighted by Gasteiger charge is 2.12. The maximum Gasteiger partial charge on any atom is 0.409 e. The molecule has 0 bridgehead atoms. The van der Waals surface area contributed by atoms with Crippen LogP contribution in [0.3, 0.4) is 0 Å². The van der Waals surface area contributed by atoms with Gasteiger partial charge in [-0.2, -0.15) is 0 Å². The van der Waals surface area contributed by atoms with E-state index < -0.39 is 6.09 Å². The zero-order chi connectivity index (χ0) is 16.1. The fourth-order valence-corrected chi connectivity index (χ4v) is 2.68. The van der Waals surface area contributed by atoms with Gasteiger partial charge in [0.2, 0.25) is 0 Å². The van der Waals surface area contributed by atoms with Crippen molar-refractivity contribution in [1.82, 2.24) is 4.90 Å². The Morgan fingerprint density at radius 2 is 1.74 bits per heavy atom. The number of rotatable bonds is 5. The van der Waals surface area contributed by atoms with Gasteiger partial charge in [-0.3, -0.25) is 4.90 Å². The lowest BCUT2D eigenvalue weighted by Gasteiger charge is -2.26. The van der Waals surface area contributed by atoms with Gasteiger partial charge in [-0.15, -0.1) is 0 Å². The van der Waals surface area contributed by atoms with E-state index in [0.717, 1.165) is 49.4 Å². The van der Waals surface area contributed by atoms with Gasteiger partial charge < -0.3 is 19.9 Å². The lowest BCUT2D eigenvalue weighted by Crippen LogP contribution is -2.38. The third kappa shape index (κ3) is 3.91. The molecule has 2 N–H and O–H groups in total. The predicted octanol–water partition coefficient (Wildman–Crippen LogP) is 2.01. The van der Waals surface area contributed by atoms with Gasteiger partial charge in [0.1, 0.15) is 18.1 Å². The van der Waals surface area contributed by atoms with Crippen LogP contribution in [0, 0.1) is 0 Å². The smallest absolute Gasteiger partial charge is 0.409 e. The first kappa shape index (κ1) is 15.6. The normalized spacial score (nSPS) is 15.5. The molecule has 6 heteroatoms. The number of nitrogens with two attached hydrogens (primary N) is 1. The van der Waals surface area contributed by atoms with Crippen molar-refractivity contribution in [3.63, 3.8) is 0 Å². The molecule has 0 radical (unpaired) electrons. The molecule has 1 aliphatic heterocycles. The van der Waals surface area contributed by atoms with E-state index in [2.05, 4.69) is 4.90 Å². The minimum atomic E-state index is -0.823. The fourth-order valence-electron chi connectivity index (χ4n) is 2.68. The van der Waals surface area contributed by atoms with Crippen molar-refractivity contribution >= 4 is 16.9 Å². The Labute approximate surface area is 134 Å². The molecule has 0 spiro atoms.